The topological polar surface area (TPSA) is 66.8 Å². The molecule has 0 amide bonds. The summed E-state index contributed by atoms with van der Waals surface area (Å²) < 4.78 is 27.8. The van der Waals surface area contributed by atoms with Gasteiger partial charge in [0, 0.05) is 12.1 Å². The molecule has 0 aromatic heterocycles. The molecule has 0 N–H and O–H groups in total. The molecule has 1 aliphatic heterocycles. The number of fused-ring (bicyclic) bond motifs is 1. The lowest BCUT2D eigenvalue weighted by atomic mass is 9.97. The third-order valence-electron chi connectivity index (χ3n) is 4.22. The molecule has 1 heterocycles. The number of anilines is 1. The standard InChI is InChI=1S/C18H18N2O3S/c1-12-8-15(16(14(3)21)9-13(12)2)10-20-11-19-24(22,23)18-7-5-4-6-17(18)20/h4-9,11H,10H2,1-3H3. The van der Waals surface area contributed by atoms with Crippen molar-refractivity contribution in [2.45, 2.75) is 32.2 Å². The molecule has 3 rings (SSSR count). The van der Waals surface area contributed by atoms with E-state index in [1.807, 2.05) is 26.0 Å². The number of rotatable bonds is 3. The van der Waals surface area contributed by atoms with E-state index in [1.165, 1.54) is 13.3 Å². The molecular weight excluding hydrogens is 324 g/mol. The minimum atomic E-state index is -3.65. The molecule has 0 saturated carbocycles. The maximum absolute atomic E-state index is 12.1. The first-order valence-electron chi connectivity index (χ1n) is 7.57. The molecule has 0 atom stereocenters. The van der Waals surface area contributed by atoms with Crippen molar-refractivity contribution in [1.29, 1.82) is 0 Å². The molecule has 0 unspecified atom stereocenters. The summed E-state index contributed by atoms with van der Waals surface area (Å²) in [6.07, 6.45) is 1.32. The molecule has 2 aromatic rings. The van der Waals surface area contributed by atoms with Crippen molar-refractivity contribution in [3.8, 4) is 0 Å². The van der Waals surface area contributed by atoms with Crippen molar-refractivity contribution in [1.82, 2.24) is 0 Å². The number of aryl methyl sites for hydroxylation is 2. The molecule has 5 nitrogen and oxygen atoms in total. The average Bonchev–Trinajstić information content (AvgIpc) is 2.53. The normalized spacial score (nSPS) is 15.2. The molecule has 124 valence electrons. The van der Waals surface area contributed by atoms with Gasteiger partial charge in [-0.25, -0.2) is 0 Å². The second kappa shape index (κ2) is 5.87. The Kier molecular flexibility index (Phi) is 4.01. The molecule has 0 saturated heterocycles. The van der Waals surface area contributed by atoms with Gasteiger partial charge in [0.2, 0.25) is 0 Å². The summed E-state index contributed by atoms with van der Waals surface area (Å²) in [5, 5.41) is 0. The molecule has 24 heavy (non-hydrogen) atoms. The van der Waals surface area contributed by atoms with Crippen molar-refractivity contribution in [3.63, 3.8) is 0 Å². The highest BCUT2D eigenvalue weighted by Gasteiger charge is 2.25. The third kappa shape index (κ3) is 2.85. The summed E-state index contributed by atoms with van der Waals surface area (Å²) in [5.74, 6) is -0.0112. The molecule has 2 aromatic carbocycles. The van der Waals surface area contributed by atoms with Crippen LogP contribution in [0.1, 0.15) is 34.0 Å². The number of hydrogen-bond donors (Lipinski definition) is 0. The second-order valence-electron chi connectivity index (χ2n) is 5.94. The number of carbonyl (C=O) groups is 1. The van der Waals surface area contributed by atoms with Crippen molar-refractivity contribution in [2.24, 2.45) is 4.40 Å². The molecule has 0 fully saturated rings. The van der Waals surface area contributed by atoms with Crippen molar-refractivity contribution in [3.05, 3.63) is 58.7 Å². The van der Waals surface area contributed by atoms with Crippen molar-refractivity contribution >= 4 is 27.8 Å². The number of ketones is 1. The molecular formula is C18H18N2O3S. The Morgan fingerprint density at radius 2 is 1.79 bits per heavy atom. The molecule has 0 aliphatic carbocycles. The van der Waals surface area contributed by atoms with Gasteiger partial charge in [0.1, 0.15) is 11.2 Å². The summed E-state index contributed by atoms with van der Waals surface area (Å²) >= 11 is 0. The second-order valence-corrected chi connectivity index (χ2v) is 7.54. The summed E-state index contributed by atoms with van der Waals surface area (Å²) in [6, 6.07) is 10.6. The molecule has 0 spiro atoms. The number of carbonyl (C=O) groups excluding carboxylic acids is 1. The van der Waals surface area contributed by atoms with Crippen LogP contribution in [0.4, 0.5) is 5.69 Å². The van der Waals surface area contributed by atoms with Gasteiger partial charge in [0.15, 0.2) is 5.78 Å². The van der Waals surface area contributed by atoms with Gasteiger partial charge < -0.3 is 4.90 Å². The Morgan fingerprint density at radius 3 is 2.50 bits per heavy atom. The predicted octanol–water partition coefficient (Wildman–Crippen LogP) is 3.24. The number of para-hydroxylation sites is 1. The molecule has 0 radical (unpaired) electrons. The van der Waals surface area contributed by atoms with Crippen LogP contribution in [0.25, 0.3) is 0 Å². The van der Waals surface area contributed by atoms with Crippen LogP contribution in [0.15, 0.2) is 45.7 Å². The zero-order chi connectivity index (χ0) is 17.5. The lowest BCUT2D eigenvalue weighted by molar-refractivity contribution is 0.101. The minimum Gasteiger partial charge on any atom is -0.326 e. The monoisotopic (exact) mass is 342 g/mol. The minimum absolute atomic E-state index is 0.0112. The van der Waals surface area contributed by atoms with Crippen LogP contribution >= 0.6 is 0 Å². The van der Waals surface area contributed by atoms with Crippen LogP contribution in [0.2, 0.25) is 0 Å². The maximum atomic E-state index is 12.1. The Hall–Kier alpha value is -2.47. The van der Waals surface area contributed by atoms with Gasteiger partial charge in [0.25, 0.3) is 10.0 Å². The number of hydrogen-bond acceptors (Lipinski definition) is 4. The Morgan fingerprint density at radius 1 is 1.12 bits per heavy atom. The van der Waals surface area contributed by atoms with Crippen LogP contribution in [0.5, 0.6) is 0 Å². The Bertz CT molecular complexity index is 962. The van der Waals surface area contributed by atoms with Crippen LogP contribution < -0.4 is 4.90 Å². The van der Waals surface area contributed by atoms with E-state index in [4.69, 9.17) is 0 Å². The Balaban J connectivity index is 2.07. The van der Waals surface area contributed by atoms with Gasteiger partial charge in [-0.3, -0.25) is 4.79 Å². The first kappa shape index (κ1) is 16.4. The van der Waals surface area contributed by atoms with Crippen LogP contribution in [-0.2, 0) is 16.6 Å². The van der Waals surface area contributed by atoms with Gasteiger partial charge in [-0.15, -0.1) is 4.40 Å². The molecule has 1 aliphatic rings. The largest absolute Gasteiger partial charge is 0.326 e. The lowest BCUT2D eigenvalue weighted by Gasteiger charge is -2.26. The van der Waals surface area contributed by atoms with Crippen LogP contribution in [0, 0.1) is 13.8 Å². The number of Topliss-reactive ketones (excluding diaryl/α,β-unsaturated/α-hetero) is 1. The van der Waals surface area contributed by atoms with E-state index in [1.54, 1.807) is 29.2 Å². The fraction of sp³-hybridized carbons (Fsp3) is 0.222. The first-order chi connectivity index (χ1) is 11.3. The van der Waals surface area contributed by atoms with Gasteiger partial charge in [-0.05, 0) is 55.7 Å². The number of benzene rings is 2. The summed E-state index contributed by atoms with van der Waals surface area (Å²) in [5.41, 5.74) is 4.22. The Labute approximate surface area is 141 Å². The molecule has 0 bridgehead atoms. The molecule has 6 heteroatoms. The van der Waals surface area contributed by atoms with Crippen molar-refractivity contribution < 1.29 is 13.2 Å². The van der Waals surface area contributed by atoms with Gasteiger partial charge in [-0.1, -0.05) is 18.2 Å². The lowest BCUT2D eigenvalue weighted by Crippen LogP contribution is -2.27. The quantitative estimate of drug-likeness (QED) is 0.803. The van der Waals surface area contributed by atoms with Crippen molar-refractivity contribution in [2.75, 3.05) is 4.90 Å². The van der Waals surface area contributed by atoms with E-state index >= 15 is 0 Å². The first-order valence-corrected chi connectivity index (χ1v) is 9.01. The van der Waals surface area contributed by atoms with E-state index in [0.29, 0.717) is 17.8 Å². The van der Waals surface area contributed by atoms with Gasteiger partial charge in [0.05, 0.1) is 5.69 Å². The predicted molar refractivity (Wildman–Crippen MR) is 94.2 cm³/mol. The zero-order valence-corrected chi connectivity index (χ0v) is 14.6. The summed E-state index contributed by atoms with van der Waals surface area (Å²) in [6.45, 7) is 5.88. The SMILES string of the molecule is CC(=O)c1cc(C)c(C)cc1CN1C=NS(=O)(=O)c2ccccc21. The summed E-state index contributed by atoms with van der Waals surface area (Å²) in [4.78, 5) is 13.9. The summed E-state index contributed by atoms with van der Waals surface area (Å²) in [7, 11) is -3.65. The average molecular weight is 342 g/mol. The zero-order valence-electron chi connectivity index (χ0n) is 13.8. The van der Waals surface area contributed by atoms with Gasteiger partial charge in [-0.2, -0.15) is 8.42 Å². The van der Waals surface area contributed by atoms with Gasteiger partial charge >= 0.3 is 0 Å². The maximum Gasteiger partial charge on any atom is 0.285 e. The van der Waals surface area contributed by atoms with Crippen LogP contribution in [0.3, 0.4) is 0 Å². The van der Waals surface area contributed by atoms with Crippen LogP contribution in [-0.4, -0.2) is 20.5 Å². The highest BCUT2D eigenvalue weighted by Crippen LogP contribution is 2.31. The highest BCUT2D eigenvalue weighted by molar-refractivity contribution is 7.90. The smallest absolute Gasteiger partial charge is 0.285 e. The van der Waals surface area contributed by atoms with E-state index in [-0.39, 0.29) is 10.7 Å². The fourth-order valence-electron chi connectivity index (χ4n) is 2.79. The van der Waals surface area contributed by atoms with E-state index < -0.39 is 10.0 Å². The van der Waals surface area contributed by atoms with E-state index in [9.17, 15) is 13.2 Å². The number of nitrogens with zero attached hydrogens (tertiary/aromatic N) is 2. The van der Waals surface area contributed by atoms with E-state index in [2.05, 4.69) is 4.40 Å². The highest BCUT2D eigenvalue weighted by atomic mass is 32.2. The number of sulfonamides is 1. The van der Waals surface area contributed by atoms with E-state index in [0.717, 1.165) is 16.7 Å². The fourth-order valence-corrected chi connectivity index (χ4v) is 3.85. The third-order valence-corrected chi connectivity index (χ3v) is 5.49.